The summed E-state index contributed by atoms with van der Waals surface area (Å²) in [5, 5.41) is 0. The van der Waals surface area contributed by atoms with Crippen molar-refractivity contribution in [3.05, 3.63) is 35.4 Å². The van der Waals surface area contributed by atoms with E-state index in [0.29, 0.717) is 0 Å². The average Bonchev–Trinajstić information content (AvgIpc) is 2.71. The minimum absolute atomic E-state index is 0.101. The van der Waals surface area contributed by atoms with Gasteiger partial charge in [0.2, 0.25) is 0 Å². The lowest BCUT2D eigenvalue weighted by molar-refractivity contribution is -0.149. The van der Waals surface area contributed by atoms with Gasteiger partial charge in [0.1, 0.15) is 11.6 Å². The molecule has 0 aromatic heterocycles. The van der Waals surface area contributed by atoms with Crippen molar-refractivity contribution in [1.82, 2.24) is 0 Å². The fourth-order valence-electron chi connectivity index (χ4n) is 2.23. The van der Waals surface area contributed by atoms with Gasteiger partial charge in [0.15, 0.2) is 0 Å². The van der Waals surface area contributed by atoms with E-state index in [1.807, 2.05) is 0 Å². The topological polar surface area (TPSA) is 61.5 Å². The van der Waals surface area contributed by atoms with E-state index in [1.54, 1.807) is 6.92 Å². The van der Waals surface area contributed by atoms with Crippen molar-refractivity contribution in [3.63, 3.8) is 0 Å². The molecule has 1 fully saturated rings. The lowest BCUT2D eigenvalue weighted by Crippen LogP contribution is -2.24. The van der Waals surface area contributed by atoms with Crippen LogP contribution in [0.5, 0.6) is 0 Å². The van der Waals surface area contributed by atoms with Crippen LogP contribution in [0.25, 0.3) is 0 Å². The summed E-state index contributed by atoms with van der Waals surface area (Å²) in [7, 11) is 0. The van der Waals surface area contributed by atoms with E-state index in [-0.39, 0.29) is 18.6 Å². The number of halogens is 2. The van der Waals surface area contributed by atoms with Crippen molar-refractivity contribution < 1.29 is 23.1 Å². The summed E-state index contributed by atoms with van der Waals surface area (Å²) in [6.07, 6.45) is 0.242. The molecule has 2 N–H and O–H groups in total. The van der Waals surface area contributed by atoms with E-state index >= 15 is 0 Å². The van der Waals surface area contributed by atoms with Crippen molar-refractivity contribution in [3.8, 4) is 0 Å². The van der Waals surface area contributed by atoms with Crippen LogP contribution in [0, 0.1) is 17.6 Å². The molecule has 1 aliphatic rings. The highest BCUT2D eigenvalue weighted by molar-refractivity contribution is 5.72. The maximum absolute atomic E-state index is 13.7. The number of hydrogen-bond acceptors (Lipinski definition) is 4. The first-order valence-corrected chi connectivity index (χ1v) is 5.46. The molecule has 1 saturated heterocycles. The fraction of sp³-hybridized carbons (Fsp3) is 0.417. The molecule has 0 aliphatic carbocycles. The summed E-state index contributed by atoms with van der Waals surface area (Å²) in [5.74, 6) is 2.31. The van der Waals surface area contributed by atoms with Crippen molar-refractivity contribution in [1.29, 1.82) is 0 Å². The Hall–Kier alpha value is -1.53. The number of ether oxygens (including phenoxy) is 1. The third kappa shape index (κ3) is 2.21. The Morgan fingerprint density at radius 3 is 2.89 bits per heavy atom. The molecule has 18 heavy (non-hydrogen) atoms. The van der Waals surface area contributed by atoms with E-state index in [0.717, 1.165) is 12.1 Å². The number of rotatable bonds is 2. The first-order valence-electron chi connectivity index (χ1n) is 5.46. The fourth-order valence-corrected chi connectivity index (χ4v) is 2.23. The van der Waals surface area contributed by atoms with Gasteiger partial charge in [-0.2, -0.15) is 5.90 Å². The second-order valence-corrected chi connectivity index (χ2v) is 4.50. The van der Waals surface area contributed by atoms with Gasteiger partial charge >= 0.3 is 5.97 Å². The highest BCUT2D eigenvalue weighted by atomic mass is 19.1. The number of benzene rings is 1. The third-order valence-electron chi connectivity index (χ3n) is 3.19. The quantitative estimate of drug-likeness (QED) is 0.818. The zero-order valence-electron chi connectivity index (χ0n) is 9.78. The molecule has 2 atom stereocenters. The Balaban J connectivity index is 2.25. The van der Waals surface area contributed by atoms with Gasteiger partial charge in [0, 0.05) is 11.6 Å². The first kappa shape index (κ1) is 12.9. The molecule has 0 radical (unpaired) electrons. The van der Waals surface area contributed by atoms with Crippen molar-refractivity contribution in [2.24, 2.45) is 11.8 Å². The second kappa shape index (κ2) is 4.62. The van der Waals surface area contributed by atoms with Crippen molar-refractivity contribution >= 4 is 5.97 Å². The molecular weight excluding hydrogens is 244 g/mol. The number of nitrogens with two attached hydrogens (primary N) is 1. The zero-order valence-corrected chi connectivity index (χ0v) is 9.78. The van der Waals surface area contributed by atoms with Gasteiger partial charge < -0.3 is 9.57 Å². The molecule has 1 aromatic carbocycles. The summed E-state index contributed by atoms with van der Waals surface area (Å²) in [6, 6.07) is 3.26. The third-order valence-corrected chi connectivity index (χ3v) is 3.19. The predicted molar refractivity (Wildman–Crippen MR) is 58.0 cm³/mol. The van der Waals surface area contributed by atoms with Crippen LogP contribution < -0.4 is 5.90 Å². The average molecular weight is 257 g/mol. The van der Waals surface area contributed by atoms with Gasteiger partial charge in [-0.25, -0.2) is 13.6 Å². The molecule has 0 unspecified atom stereocenters. The molecule has 6 heteroatoms. The molecule has 1 heterocycles. The van der Waals surface area contributed by atoms with Crippen LogP contribution in [0.3, 0.4) is 0 Å². The van der Waals surface area contributed by atoms with Gasteiger partial charge in [0.05, 0.1) is 18.1 Å². The summed E-state index contributed by atoms with van der Waals surface area (Å²) in [6.45, 7) is 1.75. The Labute approximate surface area is 103 Å². The molecule has 4 nitrogen and oxygen atoms in total. The SMILES string of the molecule is C[C@]1(c2ccc(F)cc2F)C[C@H](C(=O)ON)CO1. The summed E-state index contributed by atoms with van der Waals surface area (Å²) < 4.78 is 32.0. The van der Waals surface area contributed by atoms with E-state index in [4.69, 9.17) is 10.6 Å². The van der Waals surface area contributed by atoms with E-state index in [1.165, 1.54) is 6.07 Å². The van der Waals surface area contributed by atoms with E-state index < -0.39 is 29.1 Å². The molecule has 98 valence electrons. The zero-order chi connectivity index (χ0) is 13.3. The Morgan fingerprint density at radius 2 is 2.28 bits per heavy atom. The van der Waals surface area contributed by atoms with Crippen molar-refractivity contribution in [2.75, 3.05) is 6.61 Å². The maximum atomic E-state index is 13.7. The smallest absolute Gasteiger partial charge is 0.329 e. The lowest BCUT2D eigenvalue weighted by Gasteiger charge is -2.24. The van der Waals surface area contributed by atoms with Gasteiger partial charge in [-0.3, -0.25) is 0 Å². The second-order valence-electron chi connectivity index (χ2n) is 4.50. The molecule has 1 aromatic rings. The Bertz CT molecular complexity index is 480. The van der Waals surface area contributed by atoms with Gasteiger partial charge in [0.25, 0.3) is 0 Å². The van der Waals surface area contributed by atoms with E-state index in [2.05, 4.69) is 4.84 Å². The maximum Gasteiger partial charge on any atom is 0.329 e. The van der Waals surface area contributed by atoms with Gasteiger partial charge in [-0.05, 0) is 19.4 Å². The van der Waals surface area contributed by atoms with Crippen LogP contribution in [0.2, 0.25) is 0 Å². The normalized spacial score (nSPS) is 27.2. The Kier molecular flexibility index (Phi) is 3.32. The van der Waals surface area contributed by atoms with Crippen LogP contribution in [0.15, 0.2) is 18.2 Å². The number of carbonyl (C=O) groups excluding carboxylic acids is 1. The predicted octanol–water partition coefficient (Wildman–Crippen LogP) is 1.63. The van der Waals surface area contributed by atoms with Crippen molar-refractivity contribution in [2.45, 2.75) is 18.9 Å². The number of carbonyl (C=O) groups is 1. The highest BCUT2D eigenvalue weighted by Crippen LogP contribution is 2.40. The summed E-state index contributed by atoms with van der Waals surface area (Å²) in [5.41, 5.74) is -0.757. The largest absolute Gasteiger partial charge is 0.373 e. The molecular formula is C12H13F2NO3. The van der Waals surface area contributed by atoms with Gasteiger partial charge in [-0.1, -0.05) is 6.07 Å². The minimum Gasteiger partial charge on any atom is -0.373 e. The van der Waals surface area contributed by atoms with Crippen LogP contribution in [-0.2, 0) is 20.0 Å². The van der Waals surface area contributed by atoms with Crippen LogP contribution in [0.1, 0.15) is 18.9 Å². The molecule has 2 rings (SSSR count). The molecule has 1 aliphatic heterocycles. The highest BCUT2D eigenvalue weighted by Gasteiger charge is 2.43. The summed E-state index contributed by atoms with van der Waals surface area (Å²) >= 11 is 0. The minimum atomic E-state index is -0.976. The molecule has 0 amide bonds. The summed E-state index contributed by atoms with van der Waals surface area (Å²) in [4.78, 5) is 15.4. The molecule has 0 spiro atoms. The molecule has 0 saturated carbocycles. The standard InChI is InChI=1S/C12H13F2NO3/c1-12(5-7(6-17-12)11(16)18-15)9-3-2-8(13)4-10(9)14/h2-4,7H,5-6,15H2,1H3/t7-,12+/m0/s1. The number of hydrogen-bond donors (Lipinski definition) is 1. The van der Waals surface area contributed by atoms with Crippen LogP contribution in [0.4, 0.5) is 8.78 Å². The molecule has 0 bridgehead atoms. The Morgan fingerprint density at radius 1 is 1.56 bits per heavy atom. The van der Waals surface area contributed by atoms with E-state index in [9.17, 15) is 13.6 Å². The van der Waals surface area contributed by atoms with Gasteiger partial charge in [-0.15, -0.1) is 0 Å². The monoisotopic (exact) mass is 257 g/mol. The van der Waals surface area contributed by atoms with Crippen LogP contribution >= 0.6 is 0 Å². The first-order chi connectivity index (χ1) is 8.46. The lowest BCUT2D eigenvalue weighted by atomic mass is 9.88. The van der Waals surface area contributed by atoms with Crippen LogP contribution in [-0.4, -0.2) is 12.6 Å².